The van der Waals surface area contributed by atoms with E-state index < -0.39 is 15.1 Å². The summed E-state index contributed by atoms with van der Waals surface area (Å²) in [6.07, 6.45) is 10.7. The van der Waals surface area contributed by atoms with Crippen molar-refractivity contribution in [1.82, 2.24) is 4.90 Å². The molecule has 0 aromatic heterocycles. The van der Waals surface area contributed by atoms with Crippen molar-refractivity contribution in [3.63, 3.8) is 0 Å². The van der Waals surface area contributed by atoms with Gasteiger partial charge >= 0.3 is 0 Å². The Hall–Kier alpha value is -0.620. The Morgan fingerprint density at radius 1 is 1.13 bits per heavy atom. The molecule has 0 spiro atoms. The van der Waals surface area contributed by atoms with Crippen molar-refractivity contribution in [2.75, 3.05) is 19.8 Å². The van der Waals surface area contributed by atoms with Crippen LogP contribution in [0.2, 0.25) is 0 Å². The van der Waals surface area contributed by atoms with Crippen LogP contribution in [0.3, 0.4) is 0 Å². The molecule has 2 aliphatic rings. The summed E-state index contributed by atoms with van der Waals surface area (Å²) in [6, 6.07) is -0.176. The van der Waals surface area contributed by atoms with E-state index in [1.165, 1.54) is 12.7 Å². The molecule has 0 aromatic rings. The number of amides is 1. The van der Waals surface area contributed by atoms with Crippen LogP contribution in [0, 0.1) is 5.41 Å². The summed E-state index contributed by atoms with van der Waals surface area (Å²) in [7, 11) is -1.34. The molecule has 5 nitrogen and oxygen atoms in total. The van der Waals surface area contributed by atoms with Gasteiger partial charge in [-0.05, 0) is 37.6 Å². The van der Waals surface area contributed by atoms with Gasteiger partial charge in [-0.2, -0.15) is 0 Å². The Morgan fingerprint density at radius 2 is 1.74 bits per heavy atom. The van der Waals surface area contributed by atoms with Gasteiger partial charge in [0.15, 0.2) is 9.84 Å². The van der Waals surface area contributed by atoms with Gasteiger partial charge in [0.1, 0.15) is 0 Å². The standard InChI is InChI=1S/C17H32N2O3S/c1-19(14-8-4-5-9-15(14)23(2,21)22)16(20)12-17(13-18)10-6-3-7-11-17/h14-15H,3-13,18H2,1-2H3. The van der Waals surface area contributed by atoms with Crippen LogP contribution >= 0.6 is 0 Å². The third kappa shape index (κ3) is 4.47. The molecule has 23 heavy (non-hydrogen) atoms. The predicted molar refractivity (Wildman–Crippen MR) is 92.8 cm³/mol. The zero-order chi connectivity index (χ0) is 17.1. The normalized spacial score (nSPS) is 28.3. The van der Waals surface area contributed by atoms with Crippen molar-refractivity contribution < 1.29 is 13.2 Å². The molecule has 6 heteroatoms. The lowest BCUT2D eigenvalue weighted by molar-refractivity contribution is -0.135. The molecule has 2 aliphatic carbocycles. The summed E-state index contributed by atoms with van der Waals surface area (Å²) >= 11 is 0. The Balaban J connectivity index is 2.08. The van der Waals surface area contributed by atoms with Crippen molar-refractivity contribution in [3.8, 4) is 0 Å². The van der Waals surface area contributed by atoms with Crippen molar-refractivity contribution in [1.29, 1.82) is 0 Å². The summed E-state index contributed by atoms with van der Waals surface area (Å²) < 4.78 is 24.1. The van der Waals surface area contributed by atoms with Crippen LogP contribution in [0.15, 0.2) is 0 Å². The summed E-state index contributed by atoms with van der Waals surface area (Å²) in [4.78, 5) is 14.5. The van der Waals surface area contributed by atoms with Gasteiger partial charge in [-0.25, -0.2) is 8.42 Å². The number of carbonyl (C=O) groups is 1. The van der Waals surface area contributed by atoms with E-state index in [0.717, 1.165) is 44.9 Å². The quantitative estimate of drug-likeness (QED) is 0.828. The van der Waals surface area contributed by atoms with E-state index in [0.29, 0.717) is 19.4 Å². The van der Waals surface area contributed by atoms with E-state index in [-0.39, 0.29) is 17.4 Å². The summed E-state index contributed by atoms with van der Waals surface area (Å²) in [5.74, 6) is 0.0675. The first kappa shape index (κ1) is 18.7. The highest BCUT2D eigenvalue weighted by Gasteiger charge is 2.39. The molecule has 1 amide bonds. The molecule has 0 bridgehead atoms. The van der Waals surface area contributed by atoms with E-state index in [2.05, 4.69) is 0 Å². The zero-order valence-corrected chi connectivity index (χ0v) is 15.4. The first-order chi connectivity index (χ1) is 10.8. The number of nitrogens with zero attached hydrogens (tertiary/aromatic N) is 1. The van der Waals surface area contributed by atoms with Gasteiger partial charge in [-0.3, -0.25) is 4.79 Å². The molecule has 0 saturated heterocycles. The van der Waals surface area contributed by atoms with Crippen LogP contribution in [0.1, 0.15) is 64.2 Å². The highest BCUT2D eigenvalue weighted by Crippen LogP contribution is 2.39. The van der Waals surface area contributed by atoms with Gasteiger partial charge in [-0.15, -0.1) is 0 Å². The van der Waals surface area contributed by atoms with Gasteiger partial charge < -0.3 is 10.6 Å². The van der Waals surface area contributed by atoms with E-state index in [1.807, 2.05) is 0 Å². The lowest BCUT2D eigenvalue weighted by Crippen LogP contribution is -2.50. The average molecular weight is 345 g/mol. The third-order valence-electron chi connectivity index (χ3n) is 5.98. The minimum atomic E-state index is -3.13. The van der Waals surface area contributed by atoms with Crippen LogP contribution in [-0.4, -0.2) is 50.4 Å². The van der Waals surface area contributed by atoms with Gasteiger partial charge in [0.25, 0.3) is 0 Å². The second kappa shape index (κ2) is 7.51. The van der Waals surface area contributed by atoms with Gasteiger partial charge in [0.05, 0.1) is 5.25 Å². The summed E-state index contributed by atoms with van der Waals surface area (Å²) in [5.41, 5.74) is 5.92. The Kier molecular flexibility index (Phi) is 6.11. The highest BCUT2D eigenvalue weighted by molar-refractivity contribution is 7.91. The van der Waals surface area contributed by atoms with Crippen molar-refractivity contribution >= 4 is 15.7 Å². The number of carbonyl (C=O) groups excluding carboxylic acids is 1. The lowest BCUT2D eigenvalue weighted by atomic mass is 9.71. The Morgan fingerprint density at radius 3 is 2.30 bits per heavy atom. The zero-order valence-electron chi connectivity index (χ0n) is 14.6. The number of rotatable bonds is 5. The van der Waals surface area contributed by atoms with Crippen LogP contribution in [-0.2, 0) is 14.6 Å². The number of nitrogens with two attached hydrogens (primary N) is 1. The molecule has 2 fully saturated rings. The number of hydrogen-bond acceptors (Lipinski definition) is 4. The SMILES string of the molecule is CN(C(=O)CC1(CN)CCCCC1)C1CCCCC1S(C)(=O)=O. The van der Waals surface area contributed by atoms with E-state index in [9.17, 15) is 13.2 Å². The minimum Gasteiger partial charge on any atom is -0.341 e. The summed E-state index contributed by atoms with van der Waals surface area (Å²) in [5, 5.41) is -0.412. The molecule has 0 heterocycles. The fourth-order valence-corrected chi connectivity index (χ4v) is 5.89. The van der Waals surface area contributed by atoms with Crippen LogP contribution in [0.25, 0.3) is 0 Å². The van der Waals surface area contributed by atoms with Crippen molar-refractivity contribution in [2.45, 2.75) is 75.5 Å². The molecule has 2 unspecified atom stereocenters. The molecule has 2 rings (SSSR count). The third-order valence-corrected chi connectivity index (χ3v) is 7.63. The fourth-order valence-electron chi connectivity index (χ4n) is 4.41. The Labute approximate surface area is 140 Å². The second-order valence-corrected chi connectivity index (χ2v) is 9.93. The lowest BCUT2D eigenvalue weighted by Gasteiger charge is -2.40. The van der Waals surface area contributed by atoms with Crippen LogP contribution in [0.4, 0.5) is 0 Å². The van der Waals surface area contributed by atoms with Gasteiger partial charge in [-0.1, -0.05) is 32.1 Å². The fraction of sp³-hybridized carbons (Fsp3) is 0.941. The number of hydrogen-bond donors (Lipinski definition) is 1. The maximum Gasteiger partial charge on any atom is 0.223 e. The molecule has 0 aliphatic heterocycles. The Bertz CT molecular complexity index is 512. The number of sulfone groups is 1. The van der Waals surface area contributed by atoms with Crippen molar-refractivity contribution in [2.24, 2.45) is 11.1 Å². The van der Waals surface area contributed by atoms with E-state index in [4.69, 9.17) is 5.73 Å². The second-order valence-electron chi connectivity index (χ2n) is 7.67. The van der Waals surface area contributed by atoms with Crippen LogP contribution < -0.4 is 5.73 Å². The highest BCUT2D eigenvalue weighted by atomic mass is 32.2. The monoisotopic (exact) mass is 344 g/mol. The molecular weight excluding hydrogens is 312 g/mol. The molecule has 2 saturated carbocycles. The van der Waals surface area contributed by atoms with Crippen molar-refractivity contribution in [3.05, 3.63) is 0 Å². The predicted octanol–water partition coefficient (Wildman–Crippen LogP) is 2.10. The average Bonchev–Trinajstić information content (AvgIpc) is 2.54. The molecule has 2 atom stereocenters. The summed E-state index contributed by atoms with van der Waals surface area (Å²) in [6.45, 7) is 0.548. The largest absolute Gasteiger partial charge is 0.341 e. The minimum absolute atomic E-state index is 0.0675. The maximum absolute atomic E-state index is 12.8. The maximum atomic E-state index is 12.8. The van der Waals surface area contributed by atoms with E-state index >= 15 is 0 Å². The molecule has 134 valence electrons. The van der Waals surface area contributed by atoms with Gasteiger partial charge in [0.2, 0.25) is 5.91 Å². The van der Waals surface area contributed by atoms with Gasteiger partial charge in [0, 0.05) is 25.8 Å². The molecule has 2 N–H and O–H groups in total. The molecule has 0 aromatic carbocycles. The van der Waals surface area contributed by atoms with E-state index in [1.54, 1.807) is 11.9 Å². The van der Waals surface area contributed by atoms with Crippen LogP contribution in [0.5, 0.6) is 0 Å². The topological polar surface area (TPSA) is 80.5 Å². The smallest absolute Gasteiger partial charge is 0.223 e. The molecule has 0 radical (unpaired) electrons. The molecular formula is C17H32N2O3S. The first-order valence-corrected chi connectivity index (χ1v) is 10.9. The first-order valence-electron chi connectivity index (χ1n) is 8.94.